The summed E-state index contributed by atoms with van der Waals surface area (Å²) in [5.41, 5.74) is 3.12. The van der Waals surface area contributed by atoms with Gasteiger partial charge in [-0.05, 0) is 48.6 Å². The van der Waals surface area contributed by atoms with E-state index in [1.807, 2.05) is 23.2 Å². The van der Waals surface area contributed by atoms with Gasteiger partial charge in [0.25, 0.3) is 5.91 Å². The van der Waals surface area contributed by atoms with Crippen LogP contribution in [0.4, 0.5) is 0 Å². The van der Waals surface area contributed by atoms with Crippen LogP contribution in [0.15, 0.2) is 53.0 Å². The maximum atomic E-state index is 13.4. The minimum atomic E-state index is 0.0166. The lowest BCUT2D eigenvalue weighted by atomic mass is 9.90. The van der Waals surface area contributed by atoms with Crippen molar-refractivity contribution < 1.29 is 9.53 Å². The van der Waals surface area contributed by atoms with Gasteiger partial charge in [0.15, 0.2) is 0 Å². The van der Waals surface area contributed by atoms with Crippen molar-refractivity contribution in [2.75, 3.05) is 20.3 Å². The second-order valence-corrected chi connectivity index (χ2v) is 7.91. The van der Waals surface area contributed by atoms with Gasteiger partial charge in [0.2, 0.25) is 0 Å². The molecule has 1 saturated heterocycles. The Morgan fingerprint density at radius 3 is 2.69 bits per heavy atom. The summed E-state index contributed by atoms with van der Waals surface area (Å²) in [5.74, 6) is 0.0998. The predicted molar refractivity (Wildman–Crippen MR) is 105 cm³/mol. The lowest BCUT2D eigenvalue weighted by Gasteiger charge is -2.44. The fourth-order valence-electron chi connectivity index (χ4n) is 4.17. The Bertz CT molecular complexity index is 793. The van der Waals surface area contributed by atoms with Crippen molar-refractivity contribution in [2.24, 2.45) is 0 Å². The van der Waals surface area contributed by atoms with E-state index in [0.717, 1.165) is 41.4 Å². The summed E-state index contributed by atoms with van der Waals surface area (Å²) in [6.45, 7) is 1.55. The standard InChI is InChI=1S/C21H23BrN2O2/c1-26-14-18-6-4-12-23(18)24-20(15-8-10-17(22)11-9-15)13-16-5-2-3-7-19(16)21(24)25/h2-3,5,7-11,18,20H,4,6,12-14H2,1H3/t18-,20+/m0/s1. The Kier molecular flexibility index (Phi) is 5.11. The third-order valence-corrected chi connectivity index (χ3v) is 5.93. The van der Waals surface area contributed by atoms with Crippen LogP contribution in [0.25, 0.3) is 0 Å². The van der Waals surface area contributed by atoms with Gasteiger partial charge in [-0.1, -0.05) is 46.3 Å². The Morgan fingerprint density at radius 1 is 1.15 bits per heavy atom. The quantitative estimate of drug-likeness (QED) is 0.750. The monoisotopic (exact) mass is 414 g/mol. The topological polar surface area (TPSA) is 32.8 Å². The maximum absolute atomic E-state index is 13.4. The zero-order chi connectivity index (χ0) is 18.1. The highest BCUT2D eigenvalue weighted by Crippen LogP contribution is 2.37. The first-order valence-corrected chi connectivity index (χ1v) is 9.90. The summed E-state index contributed by atoms with van der Waals surface area (Å²) in [6.07, 6.45) is 2.98. The third-order valence-electron chi connectivity index (χ3n) is 5.40. The van der Waals surface area contributed by atoms with Crippen LogP contribution in [-0.4, -0.2) is 42.2 Å². The molecule has 2 aliphatic rings. The first kappa shape index (κ1) is 17.7. The number of amides is 1. The molecule has 136 valence electrons. The summed E-state index contributed by atoms with van der Waals surface area (Å²) in [6, 6.07) is 16.6. The van der Waals surface area contributed by atoms with Gasteiger partial charge in [-0.3, -0.25) is 9.80 Å². The smallest absolute Gasteiger partial charge is 0.269 e. The molecule has 2 aromatic rings. The van der Waals surface area contributed by atoms with Gasteiger partial charge in [-0.25, -0.2) is 5.01 Å². The molecule has 4 rings (SSSR count). The van der Waals surface area contributed by atoms with E-state index in [4.69, 9.17) is 4.74 Å². The van der Waals surface area contributed by atoms with E-state index in [2.05, 4.69) is 51.3 Å². The van der Waals surface area contributed by atoms with E-state index in [1.54, 1.807) is 7.11 Å². The Hall–Kier alpha value is -1.69. The molecule has 4 nitrogen and oxygen atoms in total. The first-order valence-electron chi connectivity index (χ1n) is 9.11. The van der Waals surface area contributed by atoms with Crippen LogP contribution in [0.1, 0.15) is 40.4 Å². The van der Waals surface area contributed by atoms with Crippen molar-refractivity contribution in [1.82, 2.24) is 10.0 Å². The van der Waals surface area contributed by atoms with Crippen LogP contribution < -0.4 is 0 Å². The van der Waals surface area contributed by atoms with E-state index in [-0.39, 0.29) is 18.0 Å². The molecule has 0 radical (unpaired) electrons. The zero-order valence-electron chi connectivity index (χ0n) is 14.9. The second kappa shape index (κ2) is 7.51. The average molecular weight is 415 g/mol. The van der Waals surface area contributed by atoms with Crippen molar-refractivity contribution in [1.29, 1.82) is 0 Å². The van der Waals surface area contributed by atoms with Gasteiger partial charge in [0.05, 0.1) is 18.7 Å². The minimum Gasteiger partial charge on any atom is -0.383 e. The Morgan fingerprint density at radius 2 is 1.92 bits per heavy atom. The van der Waals surface area contributed by atoms with Crippen LogP contribution in [0, 0.1) is 0 Å². The van der Waals surface area contributed by atoms with E-state index in [0.29, 0.717) is 6.61 Å². The largest absolute Gasteiger partial charge is 0.383 e. The first-order chi connectivity index (χ1) is 12.7. The summed E-state index contributed by atoms with van der Waals surface area (Å²) in [5, 5.41) is 4.25. The fraction of sp³-hybridized carbons (Fsp3) is 0.381. The molecule has 0 bridgehead atoms. The normalized spacial score (nSPS) is 23.3. The van der Waals surface area contributed by atoms with Crippen LogP contribution in [0.2, 0.25) is 0 Å². The maximum Gasteiger partial charge on any atom is 0.269 e. The highest BCUT2D eigenvalue weighted by molar-refractivity contribution is 9.10. The number of hydrogen-bond donors (Lipinski definition) is 0. The molecule has 5 heteroatoms. The minimum absolute atomic E-state index is 0.0166. The number of fused-ring (bicyclic) bond motifs is 1. The molecule has 26 heavy (non-hydrogen) atoms. The number of nitrogens with zero attached hydrogens (tertiary/aromatic N) is 2. The molecule has 1 fully saturated rings. The average Bonchev–Trinajstić information content (AvgIpc) is 3.10. The van der Waals surface area contributed by atoms with Crippen LogP contribution in [-0.2, 0) is 11.2 Å². The number of hydrazine groups is 1. The van der Waals surface area contributed by atoms with Crippen molar-refractivity contribution in [3.8, 4) is 0 Å². The van der Waals surface area contributed by atoms with Gasteiger partial charge in [0, 0.05) is 23.7 Å². The molecule has 2 aromatic carbocycles. The number of hydrogen-bond acceptors (Lipinski definition) is 3. The second-order valence-electron chi connectivity index (χ2n) is 6.99. The van der Waals surface area contributed by atoms with Gasteiger partial charge >= 0.3 is 0 Å². The molecule has 0 unspecified atom stereocenters. The van der Waals surface area contributed by atoms with Crippen molar-refractivity contribution in [2.45, 2.75) is 31.3 Å². The number of rotatable bonds is 4. The molecule has 2 atom stereocenters. The number of benzene rings is 2. The van der Waals surface area contributed by atoms with Crippen molar-refractivity contribution >= 4 is 21.8 Å². The molecule has 1 amide bonds. The molecule has 0 aliphatic carbocycles. The summed E-state index contributed by atoms with van der Waals surface area (Å²) < 4.78 is 6.47. The number of carbonyl (C=O) groups excluding carboxylic acids is 1. The summed E-state index contributed by atoms with van der Waals surface area (Å²) in [4.78, 5) is 13.4. The lowest BCUT2D eigenvalue weighted by Crippen LogP contribution is -2.54. The molecule has 2 heterocycles. The molecule has 0 aromatic heterocycles. The SMILES string of the molecule is COC[C@@H]1CCCN1N1C(=O)c2ccccc2C[C@@H]1c1ccc(Br)cc1. The van der Waals surface area contributed by atoms with E-state index < -0.39 is 0 Å². The van der Waals surface area contributed by atoms with E-state index in [1.165, 1.54) is 5.56 Å². The number of methoxy groups -OCH3 is 1. The molecule has 2 aliphatic heterocycles. The fourth-order valence-corrected chi connectivity index (χ4v) is 4.44. The van der Waals surface area contributed by atoms with Gasteiger partial charge in [0.1, 0.15) is 0 Å². The summed E-state index contributed by atoms with van der Waals surface area (Å²) >= 11 is 3.51. The van der Waals surface area contributed by atoms with Crippen molar-refractivity contribution in [3.63, 3.8) is 0 Å². The molecular weight excluding hydrogens is 392 g/mol. The van der Waals surface area contributed by atoms with Gasteiger partial charge in [-0.15, -0.1) is 0 Å². The van der Waals surface area contributed by atoms with Crippen LogP contribution in [0.3, 0.4) is 0 Å². The Balaban J connectivity index is 1.76. The molecular formula is C21H23BrN2O2. The zero-order valence-corrected chi connectivity index (χ0v) is 16.5. The predicted octanol–water partition coefficient (Wildman–Crippen LogP) is 4.21. The number of carbonyl (C=O) groups is 1. The lowest BCUT2D eigenvalue weighted by molar-refractivity contribution is -0.0639. The molecule has 0 N–H and O–H groups in total. The van der Waals surface area contributed by atoms with Crippen LogP contribution >= 0.6 is 15.9 Å². The number of halogens is 1. The van der Waals surface area contributed by atoms with Gasteiger partial charge in [-0.2, -0.15) is 0 Å². The highest BCUT2D eigenvalue weighted by Gasteiger charge is 2.41. The Labute approximate surface area is 162 Å². The van der Waals surface area contributed by atoms with E-state index >= 15 is 0 Å². The number of ether oxygens (including phenoxy) is 1. The molecule has 0 spiro atoms. The highest BCUT2D eigenvalue weighted by atomic mass is 79.9. The summed E-state index contributed by atoms with van der Waals surface area (Å²) in [7, 11) is 1.73. The molecule has 0 saturated carbocycles. The van der Waals surface area contributed by atoms with Crippen LogP contribution in [0.5, 0.6) is 0 Å². The van der Waals surface area contributed by atoms with Gasteiger partial charge < -0.3 is 4.74 Å². The third kappa shape index (κ3) is 3.20. The van der Waals surface area contributed by atoms with Crippen molar-refractivity contribution in [3.05, 3.63) is 69.7 Å². The van der Waals surface area contributed by atoms with E-state index in [9.17, 15) is 4.79 Å².